The highest BCUT2D eigenvalue weighted by Gasteiger charge is 2.60. The van der Waals surface area contributed by atoms with Crippen LogP contribution in [0.25, 0.3) is 0 Å². The number of aromatic nitrogens is 2. The Balaban J connectivity index is 1.72. The number of ether oxygens (including phenoxy) is 2. The van der Waals surface area contributed by atoms with Gasteiger partial charge in [0.05, 0.1) is 18.8 Å². The Morgan fingerprint density at radius 2 is 1.52 bits per heavy atom. The molecule has 3 aromatic rings. The quantitative estimate of drug-likeness (QED) is 0.264. The molecule has 246 valence electrons. The summed E-state index contributed by atoms with van der Waals surface area (Å²) in [7, 11) is 1.71. The number of methoxy groups -OCH3 is 1. The molecule has 2 amide bonds. The molecule has 3 heterocycles. The van der Waals surface area contributed by atoms with E-state index in [0.717, 1.165) is 30.8 Å². The summed E-state index contributed by atoms with van der Waals surface area (Å²) in [5.74, 6) is 1.48. The zero-order chi connectivity index (χ0) is 33.3. The van der Waals surface area contributed by atoms with E-state index in [2.05, 4.69) is 39.5 Å². The van der Waals surface area contributed by atoms with Gasteiger partial charge in [0.15, 0.2) is 0 Å². The zero-order valence-electron chi connectivity index (χ0n) is 27.8. The fourth-order valence-electron chi connectivity index (χ4n) is 6.22. The molecular weight excluding hydrogens is 623 g/mol. The average Bonchev–Trinajstić information content (AvgIpc) is 3.28. The SMILES string of the molecule is CCOc1nc(C(C)(C)C)ncc1C1=N[C@@](C)(c2ccc(Cl)cc2)[C@](C)(c2ccc(Cl)cc2)N1C(=O)N1CCN(CCOC)CC1. The molecule has 1 fully saturated rings. The van der Waals surface area contributed by atoms with Gasteiger partial charge in [0.2, 0.25) is 5.88 Å². The van der Waals surface area contributed by atoms with Gasteiger partial charge in [-0.15, -0.1) is 0 Å². The summed E-state index contributed by atoms with van der Waals surface area (Å²) in [4.78, 5) is 36.2. The average molecular weight is 668 g/mol. The molecule has 5 rings (SSSR count). The second-order valence-electron chi connectivity index (χ2n) is 13.1. The van der Waals surface area contributed by atoms with Gasteiger partial charge < -0.3 is 14.4 Å². The topological polar surface area (TPSA) is 83.4 Å². The van der Waals surface area contributed by atoms with Crippen LogP contribution >= 0.6 is 23.2 Å². The van der Waals surface area contributed by atoms with Crippen LogP contribution in [0, 0.1) is 0 Å². The van der Waals surface area contributed by atoms with Crippen molar-refractivity contribution in [2.45, 2.75) is 58.0 Å². The van der Waals surface area contributed by atoms with Crippen LogP contribution in [0.5, 0.6) is 5.88 Å². The summed E-state index contributed by atoms with van der Waals surface area (Å²) in [6.07, 6.45) is 1.75. The predicted octanol–water partition coefficient (Wildman–Crippen LogP) is 6.76. The van der Waals surface area contributed by atoms with Crippen LogP contribution in [0.3, 0.4) is 0 Å². The molecule has 9 nitrogen and oxygen atoms in total. The number of piperazine rings is 1. The Morgan fingerprint density at radius 1 is 0.935 bits per heavy atom. The number of carbonyl (C=O) groups is 1. The molecule has 2 atom stereocenters. The van der Waals surface area contributed by atoms with Crippen LogP contribution in [-0.2, 0) is 21.2 Å². The molecule has 2 aliphatic rings. The van der Waals surface area contributed by atoms with Crippen molar-refractivity contribution in [1.29, 1.82) is 0 Å². The number of rotatable bonds is 8. The first-order valence-electron chi connectivity index (χ1n) is 15.8. The van der Waals surface area contributed by atoms with Gasteiger partial charge in [0.1, 0.15) is 22.7 Å². The van der Waals surface area contributed by atoms with Gasteiger partial charge in [-0.25, -0.2) is 9.78 Å². The number of aliphatic imine (C=N–C) groups is 1. The summed E-state index contributed by atoms with van der Waals surface area (Å²) < 4.78 is 11.4. The second kappa shape index (κ2) is 13.5. The number of halogens is 2. The van der Waals surface area contributed by atoms with Crippen molar-refractivity contribution in [1.82, 2.24) is 24.7 Å². The van der Waals surface area contributed by atoms with Gasteiger partial charge in [-0.05, 0) is 56.2 Å². The van der Waals surface area contributed by atoms with Crippen LogP contribution in [0.1, 0.15) is 64.1 Å². The molecule has 1 saturated heterocycles. The van der Waals surface area contributed by atoms with Crippen LogP contribution in [0.2, 0.25) is 10.0 Å². The summed E-state index contributed by atoms with van der Waals surface area (Å²) in [6, 6.07) is 15.2. The Bertz CT molecular complexity index is 1570. The zero-order valence-corrected chi connectivity index (χ0v) is 29.3. The third kappa shape index (κ3) is 6.35. The van der Waals surface area contributed by atoms with Crippen molar-refractivity contribution in [2.24, 2.45) is 4.99 Å². The van der Waals surface area contributed by atoms with E-state index >= 15 is 4.79 Å². The Morgan fingerprint density at radius 3 is 2.07 bits per heavy atom. The summed E-state index contributed by atoms with van der Waals surface area (Å²) >= 11 is 12.8. The van der Waals surface area contributed by atoms with E-state index in [4.69, 9.17) is 47.6 Å². The highest BCUT2D eigenvalue weighted by molar-refractivity contribution is 6.30. The maximum absolute atomic E-state index is 15.0. The predicted molar refractivity (Wildman–Crippen MR) is 183 cm³/mol. The molecule has 0 aliphatic carbocycles. The van der Waals surface area contributed by atoms with Crippen molar-refractivity contribution in [3.63, 3.8) is 0 Å². The summed E-state index contributed by atoms with van der Waals surface area (Å²) in [5.41, 5.74) is 0.0668. The molecule has 0 spiro atoms. The fraction of sp³-hybridized carbons (Fsp3) is 0.486. The molecule has 0 saturated carbocycles. The van der Waals surface area contributed by atoms with E-state index in [1.165, 1.54) is 0 Å². The Labute approximate surface area is 282 Å². The van der Waals surface area contributed by atoms with Crippen LogP contribution < -0.4 is 4.74 Å². The molecule has 1 aromatic heterocycles. The first kappa shape index (κ1) is 34.1. The lowest BCUT2D eigenvalue weighted by Crippen LogP contribution is -2.60. The molecule has 2 aromatic carbocycles. The minimum atomic E-state index is -1.00. The van der Waals surface area contributed by atoms with Crippen molar-refractivity contribution in [2.75, 3.05) is 53.0 Å². The van der Waals surface area contributed by atoms with Gasteiger partial charge in [-0.3, -0.25) is 14.8 Å². The number of carbonyl (C=O) groups excluding carboxylic acids is 1. The lowest BCUT2D eigenvalue weighted by molar-refractivity contribution is 0.0771. The molecule has 11 heteroatoms. The minimum Gasteiger partial charge on any atom is -0.477 e. The second-order valence-corrected chi connectivity index (χ2v) is 14.0. The van der Waals surface area contributed by atoms with E-state index in [9.17, 15) is 0 Å². The van der Waals surface area contributed by atoms with Gasteiger partial charge in [0.25, 0.3) is 0 Å². The standard InChI is InChI=1S/C35H44Cl2N6O3/c1-8-46-30-28(23-38-31(39-30)33(2,3)4)29-40-34(5,24-9-13-26(36)14-10-24)35(6,25-11-15-27(37)16-12-25)43(29)32(44)42-19-17-41(18-20-42)21-22-45-7/h9-16,23H,8,17-22H2,1-7H3/t34-,35-/m0/s1. The number of urea groups is 1. The minimum absolute atomic E-state index is 0.150. The number of hydrogen-bond acceptors (Lipinski definition) is 7. The Kier molecular flexibility index (Phi) is 9.99. The maximum Gasteiger partial charge on any atom is 0.326 e. The van der Waals surface area contributed by atoms with Gasteiger partial charge in [0, 0.05) is 61.5 Å². The largest absolute Gasteiger partial charge is 0.477 e. The molecule has 46 heavy (non-hydrogen) atoms. The third-order valence-electron chi connectivity index (χ3n) is 9.14. The number of amides is 2. The molecule has 0 bridgehead atoms. The van der Waals surface area contributed by atoms with Crippen LogP contribution in [0.15, 0.2) is 59.7 Å². The third-order valence-corrected chi connectivity index (χ3v) is 9.65. The van der Waals surface area contributed by atoms with Crippen LogP contribution in [0.4, 0.5) is 4.79 Å². The van der Waals surface area contributed by atoms with Crippen molar-refractivity contribution in [3.05, 3.63) is 87.3 Å². The number of benzene rings is 2. The van der Waals surface area contributed by atoms with E-state index < -0.39 is 11.1 Å². The lowest BCUT2D eigenvalue weighted by atomic mass is 9.71. The first-order chi connectivity index (χ1) is 21.8. The van der Waals surface area contributed by atoms with E-state index in [1.807, 2.05) is 65.3 Å². The molecule has 2 aliphatic heterocycles. The monoisotopic (exact) mass is 666 g/mol. The smallest absolute Gasteiger partial charge is 0.326 e. The molecule has 0 radical (unpaired) electrons. The van der Waals surface area contributed by atoms with Crippen molar-refractivity contribution in [3.8, 4) is 5.88 Å². The van der Waals surface area contributed by atoms with Gasteiger partial charge in [-0.2, -0.15) is 4.98 Å². The van der Waals surface area contributed by atoms with Crippen molar-refractivity contribution < 1.29 is 14.3 Å². The van der Waals surface area contributed by atoms with E-state index in [1.54, 1.807) is 13.3 Å². The molecular formula is C35H44Cl2N6O3. The van der Waals surface area contributed by atoms with E-state index in [-0.39, 0.29) is 11.4 Å². The van der Waals surface area contributed by atoms with E-state index in [0.29, 0.717) is 59.5 Å². The first-order valence-corrected chi connectivity index (χ1v) is 16.5. The lowest BCUT2D eigenvalue weighted by Gasteiger charge is -2.47. The van der Waals surface area contributed by atoms with Gasteiger partial charge in [-0.1, -0.05) is 68.2 Å². The van der Waals surface area contributed by atoms with Crippen LogP contribution in [-0.4, -0.2) is 89.6 Å². The van der Waals surface area contributed by atoms with Crippen molar-refractivity contribution >= 4 is 35.1 Å². The molecule has 0 unspecified atom stereocenters. The molecule has 0 N–H and O–H groups in total. The highest BCUT2D eigenvalue weighted by atomic mass is 35.5. The van der Waals surface area contributed by atoms with Gasteiger partial charge >= 0.3 is 6.03 Å². The number of hydrogen-bond donors (Lipinski definition) is 0. The maximum atomic E-state index is 15.0. The Hall–Kier alpha value is -3.24. The fourth-order valence-corrected chi connectivity index (χ4v) is 6.47. The summed E-state index contributed by atoms with van der Waals surface area (Å²) in [6.45, 7) is 16.7. The number of nitrogens with zero attached hydrogens (tertiary/aromatic N) is 6. The number of amidine groups is 1. The summed E-state index contributed by atoms with van der Waals surface area (Å²) in [5, 5.41) is 1.22. The normalized spacial score (nSPS) is 22.2. The highest BCUT2D eigenvalue weighted by Crippen LogP contribution is 2.54.